The summed E-state index contributed by atoms with van der Waals surface area (Å²) in [5.41, 5.74) is 1.08. The van der Waals surface area contributed by atoms with Crippen LogP contribution in [0.15, 0.2) is 23.2 Å². The third kappa shape index (κ3) is 4.61. The van der Waals surface area contributed by atoms with Crippen LogP contribution in [0, 0.1) is 0 Å². The molecule has 6 nitrogen and oxygen atoms in total. The molecule has 1 heterocycles. The highest BCUT2D eigenvalue weighted by atomic mass is 16.5. The van der Waals surface area contributed by atoms with Gasteiger partial charge in [0, 0.05) is 50.4 Å². The first-order valence-electron chi connectivity index (χ1n) is 9.65. The van der Waals surface area contributed by atoms with Gasteiger partial charge in [-0.05, 0) is 31.4 Å². The van der Waals surface area contributed by atoms with Crippen LogP contribution in [0.5, 0.6) is 11.5 Å². The normalized spacial score (nSPS) is 21.8. The first kappa shape index (κ1) is 18.8. The minimum atomic E-state index is 0.472. The van der Waals surface area contributed by atoms with Crippen molar-refractivity contribution in [2.75, 3.05) is 34.4 Å². The van der Waals surface area contributed by atoms with Crippen molar-refractivity contribution in [3.63, 3.8) is 0 Å². The number of hydrogen-bond donors (Lipinski definition) is 2. The van der Waals surface area contributed by atoms with Crippen LogP contribution in [0.3, 0.4) is 0 Å². The van der Waals surface area contributed by atoms with E-state index >= 15 is 0 Å². The molecule has 1 saturated heterocycles. The van der Waals surface area contributed by atoms with Crippen LogP contribution in [0.1, 0.15) is 37.7 Å². The van der Waals surface area contributed by atoms with E-state index < -0.39 is 0 Å². The molecule has 26 heavy (non-hydrogen) atoms. The third-order valence-electron chi connectivity index (χ3n) is 5.57. The molecule has 0 bridgehead atoms. The molecule has 0 amide bonds. The molecule has 0 radical (unpaired) electrons. The zero-order valence-electron chi connectivity index (χ0n) is 16.3. The highest BCUT2D eigenvalue weighted by Gasteiger charge is 2.30. The number of likely N-dealkylation sites (tertiary alicyclic amines) is 1. The summed E-state index contributed by atoms with van der Waals surface area (Å²) in [7, 11) is 5.17. The SMILES string of the molecule is CN=C(NCc1ccc(OC)cc1OC)NC1CCN(C2CCCC2)C1. The second-order valence-electron chi connectivity index (χ2n) is 7.17. The van der Waals surface area contributed by atoms with E-state index in [0.717, 1.165) is 35.6 Å². The summed E-state index contributed by atoms with van der Waals surface area (Å²) in [4.78, 5) is 7.05. The number of rotatable bonds is 6. The lowest BCUT2D eigenvalue weighted by molar-refractivity contribution is 0.242. The maximum absolute atomic E-state index is 5.47. The molecule has 2 aliphatic rings. The smallest absolute Gasteiger partial charge is 0.191 e. The van der Waals surface area contributed by atoms with Crippen LogP contribution < -0.4 is 20.1 Å². The molecule has 1 saturated carbocycles. The molecule has 1 aromatic carbocycles. The number of aliphatic imine (C=N–C) groups is 1. The number of benzene rings is 1. The number of methoxy groups -OCH3 is 2. The summed E-state index contributed by atoms with van der Waals surface area (Å²) >= 11 is 0. The Hall–Kier alpha value is -1.95. The highest BCUT2D eigenvalue weighted by Crippen LogP contribution is 2.27. The minimum Gasteiger partial charge on any atom is -0.497 e. The molecule has 1 aromatic rings. The van der Waals surface area contributed by atoms with Crippen molar-refractivity contribution in [1.29, 1.82) is 0 Å². The van der Waals surface area contributed by atoms with Gasteiger partial charge in [-0.15, -0.1) is 0 Å². The number of nitrogens with zero attached hydrogens (tertiary/aromatic N) is 2. The number of hydrogen-bond acceptors (Lipinski definition) is 4. The zero-order valence-corrected chi connectivity index (χ0v) is 16.3. The van der Waals surface area contributed by atoms with E-state index in [9.17, 15) is 0 Å². The van der Waals surface area contributed by atoms with Gasteiger partial charge in [-0.25, -0.2) is 0 Å². The van der Waals surface area contributed by atoms with Gasteiger partial charge in [-0.3, -0.25) is 9.89 Å². The van der Waals surface area contributed by atoms with Crippen LogP contribution in [0.25, 0.3) is 0 Å². The number of guanidine groups is 1. The van der Waals surface area contributed by atoms with Crippen molar-refractivity contribution in [2.45, 2.75) is 50.7 Å². The Balaban J connectivity index is 1.51. The molecular formula is C20H32N4O2. The molecular weight excluding hydrogens is 328 g/mol. The lowest BCUT2D eigenvalue weighted by atomic mass is 10.2. The van der Waals surface area contributed by atoms with E-state index in [1.54, 1.807) is 14.2 Å². The molecule has 1 aliphatic carbocycles. The van der Waals surface area contributed by atoms with Crippen molar-refractivity contribution >= 4 is 5.96 Å². The predicted molar refractivity (Wildman–Crippen MR) is 105 cm³/mol. The van der Waals surface area contributed by atoms with Gasteiger partial charge in [-0.2, -0.15) is 0 Å². The van der Waals surface area contributed by atoms with Crippen molar-refractivity contribution in [3.8, 4) is 11.5 Å². The van der Waals surface area contributed by atoms with Gasteiger partial charge < -0.3 is 20.1 Å². The van der Waals surface area contributed by atoms with Gasteiger partial charge in [0.2, 0.25) is 0 Å². The Morgan fingerprint density at radius 1 is 1.19 bits per heavy atom. The topological polar surface area (TPSA) is 58.1 Å². The van der Waals surface area contributed by atoms with Crippen LogP contribution in [-0.4, -0.2) is 57.3 Å². The fourth-order valence-electron chi connectivity index (χ4n) is 4.07. The maximum Gasteiger partial charge on any atom is 0.191 e. The quantitative estimate of drug-likeness (QED) is 0.603. The Kier molecular flexibility index (Phi) is 6.61. The second-order valence-corrected chi connectivity index (χ2v) is 7.17. The second kappa shape index (κ2) is 9.12. The Morgan fingerprint density at radius 3 is 2.69 bits per heavy atom. The van der Waals surface area contributed by atoms with Crippen molar-refractivity contribution in [1.82, 2.24) is 15.5 Å². The molecule has 0 aromatic heterocycles. The van der Waals surface area contributed by atoms with Crippen LogP contribution in [0.4, 0.5) is 0 Å². The summed E-state index contributed by atoms with van der Waals surface area (Å²) in [6.45, 7) is 2.98. The summed E-state index contributed by atoms with van der Waals surface area (Å²) in [6.07, 6.45) is 6.72. The van der Waals surface area contributed by atoms with Gasteiger partial charge in [0.15, 0.2) is 5.96 Å². The van der Waals surface area contributed by atoms with Crippen LogP contribution >= 0.6 is 0 Å². The van der Waals surface area contributed by atoms with Gasteiger partial charge in [-0.1, -0.05) is 12.8 Å². The van der Waals surface area contributed by atoms with Crippen molar-refractivity contribution in [2.24, 2.45) is 4.99 Å². The zero-order chi connectivity index (χ0) is 18.4. The fourth-order valence-corrected chi connectivity index (χ4v) is 4.07. The lowest BCUT2D eigenvalue weighted by Crippen LogP contribution is -2.45. The van der Waals surface area contributed by atoms with E-state index in [4.69, 9.17) is 9.47 Å². The summed E-state index contributed by atoms with van der Waals surface area (Å²) in [5, 5.41) is 6.99. The highest BCUT2D eigenvalue weighted by molar-refractivity contribution is 5.80. The lowest BCUT2D eigenvalue weighted by Gasteiger charge is -2.24. The van der Waals surface area contributed by atoms with Crippen molar-refractivity contribution in [3.05, 3.63) is 23.8 Å². The summed E-state index contributed by atoms with van der Waals surface area (Å²) in [6, 6.07) is 7.16. The minimum absolute atomic E-state index is 0.472. The van der Waals surface area contributed by atoms with Gasteiger partial charge >= 0.3 is 0 Å². The summed E-state index contributed by atoms with van der Waals surface area (Å²) < 4.78 is 10.7. The standard InChI is InChI=1S/C20H32N4O2/c1-21-20(22-13-15-8-9-18(25-2)12-19(15)26-3)23-16-10-11-24(14-16)17-6-4-5-7-17/h8-9,12,16-17H,4-7,10-11,13-14H2,1-3H3,(H2,21,22,23). The van der Waals surface area contributed by atoms with Gasteiger partial charge in [0.1, 0.15) is 11.5 Å². The maximum atomic E-state index is 5.47. The molecule has 2 N–H and O–H groups in total. The predicted octanol–water partition coefficient (Wildman–Crippen LogP) is 2.39. The summed E-state index contributed by atoms with van der Waals surface area (Å²) in [5.74, 6) is 2.47. The fraction of sp³-hybridized carbons (Fsp3) is 0.650. The Bertz CT molecular complexity index is 614. The third-order valence-corrected chi connectivity index (χ3v) is 5.57. The van der Waals surface area contributed by atoms with E-state index in [1.807, 2.05) is 25.2 Å². The molecule has 3 rings (SSSR count). The molecule has 2 fully saturated rings. The van der Waals surface area contributed by atoms with Crippen LogP contribution in [-0.2, 0) is 6.54 Å². The molecule has 1 atom stereocenters. The van der Waals surface area contributed by atoms with Crippen molar-refractivity contribution < 1.29 is 9.47 Å². The van der Waals surface area contributed by atoms with Gasteiger partial charge in [0.05, 0.1) is 14.2 Å². The molecule has 6 heteroatoms. The average molecular weight is 361 g/mol. The average Bonchev–Trinajstić information content (AvgIpc) is 3.36. The monoisotopic (exact) mass is 360 g/mol. The molecule has 1 unspecified atom stereocenters. The molecule has 144 valence electrons. The number of ether oxygens (including phenoxy) is 2. The first-order valence-corrected chi connectivity index (χ1v) is 9.65. The first-order chi connectivity index (χ1) is 12.7. The van der Waals surface area contributed by atoms with Crippen LogP contribution in [0.2, 0.25) is 0 Å². The van der Waals surface area contributed by atoms with E-state index in [-0.39, 0.29) is 0 Å². The van der Waals surface area contributed by atoms with Gasteiger partial charge in [0.25, 0.3) is 0 Å². The molecule has 1 aliphatic heterocycles. The number of nitrogens with one attached hydrogen (secondary N) is 2. The Labute approximate surface area is 157 Å². The van der Waals surface area contributed by atoms with E-state index in [1.165, 1.54) is 38.6 Å². The largest absolute Gasteiger partial charge is 0.497 e. The molecule has 0 spiro atoms. The Morgan fingerprint density at radius 2 is 2.00 bits per heavy atom. The van der Waals surface area contributed by atoms with E-state index in [2.05, 4.69) is 20.5 Å². The van der Waals surface area contributed by atoms with E-state index in [0.29, 0.717) is 12.6 Å².